The van der Waals surface area contributed by atoms with Crippen LogP contribution in [0.3, 0.4) is 0 Å². The first-order valence-corrected chi connectivity index (χ1v) is 46.3. The Morgan fingerprint density at radius 2 is 0.449 bits per heavy atom. The molecule has 9 aromatic heterocycles. The van der Waals surface area contributed by atoms with Gasteiger partial charge in [0.1, 0.15) is 0 Å². The predicted molar refractivity (Wildman–Crippen MR) is 564 cm³/mol. The summed E-state index contributed by atoms with van der Waals surface area (Å²) in [6, 6.07) is 170. The standard InChI is InChI=1S/C70H44N6.C55H33N5/c1-6-21-45(22-7-1)57-44-58(72-70(71-57)46-23-8-2-9-24-46)54-33-20-36-62-65(54)67-64(74(62)48-27-12-4-13-28-48)42-38-52-51-31-16-18-34-59(51)76(69(52)67)50-37-40-61-56(43-50)53-39-41-63-66(68(53)75(61)49-29-14-5-15-30-49)55-32-17-19-35-60(55)73(63)47-25-10-3-11-26-47;56-34-35-15-14-26-48-51(35)53-50(58(48)37-18-6-2-7-19-37)32-28-41-40-22-10-12-24-45(40)60(55(41)53)39-27-30-47-44(33-39)42-29-31-49-52(54(42)59(47)38-20-8-3-9-21-38)43-23-11-13-25-46(43)57(49)36-16-4-1-5-17-36/h1-44H;1-33H. The molecule has 20 aromatic carbocycles. The van der Waals surface area contributed by atoms with Crippen LogP contribution >= 0.6 is 0 Å². The van der Waals surface area contributed by atoms with E-state index in [1.807, 2.05) is 24.3 Å². The smallest absolute Gasteiger partial charge is 0.160 e. The third-order valence-electron chi connectivity index (χ3n) is 28.1. The molecule has 0 atom stereocenters. The van der Waals surface area contributed by atoms with Gasteiger partial charge in [-0.3, -0.25) is 0 Å². The molecule has 136 heavy (non-hydrogen) atoms. The van der Waals surface area contributed by atoms with Crippen LogP contribution in [-0.4, -0.2) is 46.5 Å². The summed E-state index contributed by atoms with van der Waals surface area (Å²) in [5.74, 6) is 0.685. The molecular formula is C125H77N11. The highest BCUT2D eigenvalue weighted by atomic mass is 15.1. The van der Waals surface area contributed by atoms with Gasteiger partial charge in [-0.05, 0) is 182 Å². The van der Waals surface area contributed by atoms with Crippen LogP contribution in [0.15, 0.2) is 467 Å². The predicted octanol–water partition coefficient (Wildman–Crippen LogP) is 31.8. The number of benzene rings is 20. The Kier molecular flexibility index (Phi) is 16.9. The van der Waals surface area contributed by atoms with Crippen molar-refractivity contribution in [2.75, 3.05) is 0 Å². The third-order valence-corrected chi connectivity index (χ3v) is 28.1. The van der Waals surface area contributed by atoms with Crippen LogP contribution < -0.4 is 0 Å². The van der Waals surface area contributed by atoms with Crippen molar-refractivity contribution in [2.24, 2.45) is 0 Å². The lowest BCUT2D eigenvalue weighted by Crippen LogP contribution is -1.97. The Hall–Kier alpha value is -18.6. The second-order valence-corrected chi connectivity index (χ2v) is 35.3. The largest absolute Gasteiger partial charge is 0.309 e. The van der Waals surface area contributed by atoms with Crippen molar-refractivity contribution in [3.63, 3.8) is 0 Å². The molecule has 0 aliphatic carbocycles. The fourth-order valence-corrected chi connectivity index (χ4v) is 22.6. The molecular weight excluding hydrogens is 1660 g/mol. The Morgan fingerprint density at radius 1 is 0.169 bits per heavy atom. The Morgan fingerprint density at radius 3 is 0.868 bits per heavy atom. The fraction of sp³-hybridized carbons (Fsp3) is 0. The molecule has 0 aliphatic rings. The average molecular weight is 1730 g/mol. The molecule has 29 rings (SSSR count). The second-order valence-electron chi connectivity index (χ2n) is 35.3. The summed E-state index contributed by atoms with van der Waals surface area (Å²) in [5.41, 5.74) is 32.4. The maximum absolute atomic E-state index is 10.6. The maximum atomic E-state index is 10.6. The van der Waals surface area contributed by atoms with Crippen molar-refractivity contribution in [1.29, 1.82) is 5.26 Å². The summed E-state index contributed by atoms with van der Waals surface area (Å²) in [7, 11) is 0. The molecule has 0 bridgehead atoms. The average Bonchev–Trinajstić information content (AvgIpc) is 1.54. The number of aromatic nitrogens is 10. The summed E-state index contributed by atoms with van der Waals surface area (Å²) in [6.07, 6.45) is 0. The van der Waals surface area contributed by atoms with Gasteiger partial charge in [-0.25, -0.2) is 9.97 Å². The van der Waals surface area contributed by atoms with Crippen LogP contribution in [0.2, 0.25) is 0 Å². The summed E-state index contributed by atoms with van der Waals surface area (Å²) in [5, 5.41) is 29.3. The highest BCUT2D eigenvalue weighted by molar-refractivity contribution is 6.32. The van der Waals surface area contributed by atoms with Crippen LogP contribution in [0.4, 0.5) is 0 Å². The van der Waals surface area contributed by atoms with E-state index in [0.717, 1.165) is 156 Å². The van der Waals surface area contributed by atoms with Crippen LogP contribution in [0.1, 0.15) is 5.56 Å². The highest BCUT2D eigenvalue weighted by Crippen LogP contribution is 2.51. The number of hydrogen-bond donors (Lipinski definition) is 0. The molecule has 0 N–H and O–H groups in total. The molecule has 0 fully saturated rings. The van der Waals surface area contributed by atoms with Gasteiger partial charge in [0.2, 0.25) is 0 Å². The molecule has 0 unspecified atom stereocenters. The molecule has 0 saturated carbocycles. The molecule has 0 aliphatic heterocycles. The van der Waals surface area contributed by atoms with Crippen LogP contribution in [0, 0.1) is 11.3 Å². The lowest BCUT2D eigenvalue weighted by molar-refractivity contribution is 1.17. The zero-order valence-corrected chi connectivity index (χ0v) is 73.4. The van der Waals surface area contributed by atoms with Crippen LogP contribution in [-0.2, 0) is 0 Å². The van der Waals surface area contributed by atoms with E-state index in [9.17, 15) is 5.26 Å². The summed E-state index contributed by atoms with van der Waals surface area (Å²) in [4.78, 5) is 10.7. The first-order valence-electron chi connectivity index (χ1n) is 46.3. The van der Waals surface area contributed by atoms with E-state index in [1.54, 1.807) is 0 Å². The minimum atomic E-state index is 0.663. The maximum Gasteiger partial charge on any atom is 0.160 e. The molecule has 0 amide bonds. The van der Waals surface area contributed by atoms with Crippen molar-refractivity contribution in [3.8, 4) is 85.5 Å². The fourth-order valence-electron chi connectivity index (χ4n) is 22.6. The molecule has 9 heterocycles. The molecule has 0 radical (unpaired) electrons. The number of hydrogen-bond acceptors (Lipinski definition) is 3. The van der Waals surface area contributed by atoms with Gasteiger partial charge in [-0.1, -0.05) is 285 Å². The normalized spacial score (nSPS) is 12.0. The molecule has 11 heteroatoms. The number of rotatable bonds is 11. The van der Waals surface area contributed by atoms with Gasteiger partial charge < -0.3 is 36.5 Å². The van der Waals surface area contributed by atoms with Gasteiger partial charge in [-0.2, -0.15) is 5.26 Å². The minimum Gasteiger partial charge on any atom is -0.309 e. The van der Waals surface area contributed by atoms with Gasteiger partial charge >= 0.3 is 0 Å². The van der Waals surface area contributed by atoms with Gasteiger partial charge in [-0.15, -0.1) is 0 Å². The number of nitrogens with zero attached hydrogens (tertiary/aromatic N) is 11. The molecule has 632 valence electrons. The van der Waals surface area contributed by atoms with Crippen molar-refractivity contribution in [3.05, 3.63) is 473 Å². The van der Waals surface area contributed by atoms with Crippen LogP contribution in [0.25, 0.3) is 254 Å². The topological polar surface area (TPSA) is 89.0 Å². The van der Waals surface area contributed by atoms with Gasteiger partial charge in [0, 0.05) is 148 Å². The Labute approximate surface area is 779 Å². The quantitative estimate of drug-likeness (QED) is 0.129. The third kappa shape index (κ3) is 11.3. The first-order chi connectivity index (χ1) is 67.5. The Bertz CT molecular complexity index is 9970. The lowest BCUT2D eigenvalue weighted by Gasteiger charge is -2.12. The minimum absolute atomic E-state index is 0.663. The van der Waals surface area contributed by atoms with Crippen molar-refractivity contribution in [1.82, 2.24) is 46.5 Å². The molecule has 11 nitrogen and oxygen atoms in total. The summed E-state index contributed by atoms with van der Waals surface area (Å²) in [6.45, 7) is 0. The number of nitriles is 1. The van der Waals surface area contributed by atoms with Crippen molar-refractivity contribution in [2.45, 2.75) is 0 Å². The summed E-state index contributed by atoms with van der Waals surface area (Å²) < 4.78 is 19.4. The zero-order chi connectivity index (χ0) is 89.3. The second kappa shape index (κ2) is 30.2. The molecule has 0 saturated heterocycles. The van der Waals surface area contributed by atoms with E-state index < -0.39 is 0 Å². The zero-order valence-electron chi connectivity index (χ0n) is 73.4. The van der Waals surface area contributed by atoms with E-state index in [0.29, 0.717) is 11.4 Å². The monoisotopic (exact) mass is 1730 g/mol. The highest BCUT2D eigenvalue weighted by Gasteiger charge is 2.30. The Balaban J connectivity index is 0.000000138. The SMILES string of the molecule is N#Cc1cccc2c1c1c(ccc3c4ccccc4n(-c4ccc5c(c4)c4ccc6c(c7ccccc7n6-c6ccccc6)c4n5-c4ccccc4)c31)n2-c1ccccc1.c1ccc(-c2cc(-c3cccc4c3c3c(ccc5c6ccccc6n(-c6ccc7c(c6)c6ccc8c(c9ccccc9n8-c8ccccc8)c6n7-c6ccccc6)c53)n4-c3ccccc3)nc(-c3ccccc3)n2)cc1. The van der Waals surface area contributed by atoms with Gasteiger partial charge in [0.25, 0.3) is 0 Å². The van der Waals surface area contributed by atoms with Crippen molar-refractivity contribution < 1.29 is 0 Å². The first kappa shape index (κ1) is 76.3. The van der Waals surface area contributed by atoms with E-state index in [1.165, 1.54) is 92.3 Å². The molecule has 29 aromatic rings. The number of para-hydroxylation sites is 10. The van der Waals surface area contributed by atoms with Crippen molar-refractivity contribution >= 4 is 174 Å². The molecule has 0 spiro atoms. The van der Waals surface area contributed by atoms with Crippen LogP contribution in [0.5, 0.6) is 0 Å². The number of fused-ring (bicyclic) bond motifs is 28. The van der Waals surface area contributed by atoms with Gasteiger partial charge in [0.15, 0.2) is 5.82 Å². The lowest BCUT2D eigenvalue weighted by atomic mass is 10.00. The summed E-state index contributed by atoms with van der Waals surface area (Å²) >= 11 is 0. The van der Waals surface area contributed by atoms with E-state index in [4.69, 9.17) is 9.97 Å². The van der Waals surface area contributed by atoms with E-state index in [-0.39, 0.29) is 0 Å². The van der Waals surface area contributed by atoms with Gasteiger partial charge in [0.05, 0.1) is 111 Å². The van der Waals surface area contributed by atoms with E-state index >= 15 is 0 Å². The van der Waals surface area contributed by atoms with E-state index in [2.05, 4.69) is 485 Å².